The largest absolute Gasteiger partial charge is 0.507 e. The normalized spacial score (nSPS) is 17.4. The van der Waals surface area contributed by atoms with Crippen LogP contribution in [-0.4, -0.2) is 34.4 Å². The summed E-state index contributed by atoms with van der Waals surface area (Å²) in [6.45, 7) is 11.3. The first kappa shape index (κ1) is 33.7. The first-order chi connectivity index (χ1) is 25.7. The molecule has 4 heteroatoms. The lowest BCUT2D eigenvalue weighted by Crippen LogP contribution is -2.32. The zero-order valence-electron chi connectivity index (χ0n) is 31.1. The average Bonchev–Trinajstić information content (AvgIpc) is 3.85. The van der Waals surface area contributed by atoms with Crippen molar-refractivity contribution >= 4 is 0 Å². The molecule has 1 fully saturated rings. The molecule has 1 unspecified atom stereocenters. The van der Waals surface area contributed by atoms with Gasteiger partial charge in [0.2, 0.25) is 0 Å². The number of nitrogens with zero attached hydrogens (tertiary/aromatic N) is 1. The van der Waals surface area contributed by atoms with E-state index in [2.05, 4.69) is 154 Å². The summed E-state index contributed by atoms with van der Waals surface area (Å²) in [6.07, 6.45) is 2.15. The average molecular weight is 698 g/mol. The molecule has 53 heavy (non-hydrogen) atoms. The summed E-state index contributed by atoms with van der Waals surface area (Å²) >= 11 is 0. The standard InChI is InChI=1S/C49H47NO3/c1-31-24-33(46(51)44(26-31)48(3)40-19-9-5-15-36(40)37-16-6-10-20-41(37)48)28-50(30-35-14-13-23-53-35)29-34-25-32(2)27-45(47(34)52)49(4)42-21-11-7-17-38(42)39-18-8-12-22-43(39)49/h5-12,15-22,24-27,35,51-52H,13-14,23,28-30H2,1-4H3. The minimum Gasteiger partial charge on any atom is -0.507 e. The third-order valence-corrected chi connectivity index (χ3v) is 12.5. The van der Waals surface area contributed by atoms with Crippen LogP contribution in [0.15, 0.2) is 121 Å². The number of aryl methyl sites for hydroxylation is 2. The van der Waals surface area contributed by atoms with E-state index >= 15 is 0 Å². The molecule has 9 rings (SSSR count). The fraction of sp³-hybridized carbons (Fsp3) is 0.265. The number of rotatable bonds is 8. The highest BCUT2D eigenvalue weighted by molar-refractivity contribution is 5.85. The highest BCUT2D eigenvalue weighted by Crippen LogP contribution is 2.56. The fourth-order valence-electron chi connectivity index (χ4n) is 9.94. The van der Waals surface area contributed by atoms with Gasteiger partial charge in [-0.15, -0.1) is 0 Å². The smallest absolute Gasteiger partial charge is 0.124 e. The third kappa shape index (κ3) is 5.26. The summed E-state index contributed by atoms with van der Waals surface area (Å²) in [5.41, 5.74) is 14.6. The molecule has 0 saturated carbocycles. The minimum absolute atomic E-state index is 0.102. The number of benzene rings is 6. The van der Waals surface area contributed by atoms with Crippen LogP contribution in [0.1, 0.15) is 82.3 Å². The van der Waals surface area contributed by atoms with Gasteiger partial charge in [-0.05, 0) is 85.0 Å². The Bertz CT molecular complexity index is 2140. The SMILES string of the molecule is Cc1cc(CN(Cc2cc(C)cc(C3(C)c4ccccc4-c4ccccc43)c2O)CC2CCCO2)c(O)c(C2(C)c3ccccc3-c3ccccc32)c1. The van der Waals surface area contributed by atoms with Crippen molar-refractivity contribution in [1.29, 1.82) is 0 Å². The van der Waals surface area contributed by atoms with Crippen LogP contribution < -0.4 is 0 Å². The van der Waals surface area contributed by atoms with Gasteiger partial charge in [0.25, 0.3) is 0 Å². The van der Waals surface area contributed by atoms with E-state index in [1.165, 1.54) is 44.5 Å². The molecule has 0 aromatic heterocycles. The van der Waals surface area contributed by atoms with E-state index in [1.807, 2.05) is 0 Å². The van der Waals surface area contributed by atoms with E-state index in [9.17, 15) is 10.2 Å². The van der Waals surface area contributed by atoms with Crippen LogP contribution >= 0.6 is 0 Å². The fourth-order valence-corrected chi connectivity index (χ4v) is 9.94. The van der Waals surface area contributed by atoms with E-state index < -0.39 is 10.8 Å². The predicted molar refractivity (Wildman–Crippen MR) is 214 cm³/mol. The summed E-state index contributed by atoms with van der Waals surface area (Å²) in [5.74, 6) is 0.672. The number of phenolic OH excluding ortho intramolecular Hbond substituents is 2. The maximum absolute atomic E-state index is 12.4. The molecular weight excluding hydrogens is 651 g/mol. The quantitative estimate of drug-likeness (QED) is 0.166. The first-order valence-corrected chi connectivity index (χ1v) is 19.1. The van der Waals surface area contributed by atoms with Crippen LogP contribution in [0.3, 0.4) is 0 Å². The molecule has 1 saturated heterocycles. The summed E-state index contributed by atoms with van der Waals surface area (Å²) in [4.78, 5) is 2.37. The summed E-state index contributed by atoms with van der Waals surface area (Å²) in [5, 5.41) is 24.7. The van der Waals surface area contributed by atoms with Crippen molar-refractivity contribution in [3.63, 3.8) is 0 Å². The molecule has 0 spiro atoms. The Morgan fingerprint density at radius 2 is 0.943 bits per heavy atom. The Labute approximate surface area is 313 Å². The molecule has 6 aromatic rings. The van der Waals surface area contributed by atoms with Crippen molar-refractivity contribution < 1.29 is 14.9 Å². The number of fused-ring (bicyclic) bond motifs is 6. The van der Waals surface area contributed by atoms with Gasteiger partial charge in [0.15, 0.2) is 0 Å². The summed E-state index contributed by atoms with van der Waals surface area (Å²) in [6, 6.07) is 43.0. The molecule has 3 aliphatic rings. The molecule has 0 amide bonds. The van der Waals surface area contributed by atoms with Crippen molar-refractivity contribution in [2.75, 3.05) is 13.2 Å². The molecule has 1 aliphatic heterocycles. The minimum atomic E-state index is -0.509. The second-order valence-corrected chi connectivity index (χ2v) is 15.9. The molecule has 4 nitrogen and oxygen atoms in total. The predicted octanol–water partition coefficient (Wildman–Crippen LogP) is 10.6. The van der Waals surface area contributed by atoms with Crippen molar-refractivity contribution in [3.05, 3.63) is 177 Å². The van der Waals surface area contributed by atoms with Crippen LogP contribution in [0, 0.1) is 13.8 Å². The molecule has 6 aromatic carbocycles. The molecule has 266 valence electrons. The third-order valence-electron chi connectivity index (χ3n) is 12.5. The van der Waals surface area contributed by atoms with Crippen LogP contribution in [0.25, 0.3) is 22.3 Å². The molecule has 0 radical (unpaired) electrons. The molecule has 0 bridgehead atoms. The maximum Gasteiger partial charge on any atom is 0.124 e. The Kier molecular flexibility index (Phi) is 8.10. The second-order valence-electron chi connectivity index (χ2n) is 15.9. The van der Waals surface area contributed by atoms with Crippen molar-refractivity contribution in [2.45, 2.75) is 70.6 Å². The van der Waals surface area contributed by atoms with Crippen molar-refractivity contribution in [3.8, 4) is 33.8 Å². The maximum atomic E-state index is 12.4. The lowest BCUT2D eigenvalue weighted by atomic mass is 9.73. The van der Waals surface area contributed by atoms with Crippen LogP contribution in [0.4, 0.5) is 0 Å². The molecule has 2 N–H and O–H groups in total. The number of hydrogen-bond donors (Lipinski definition) is 2. The number of aromatic hydroxyl groups is 2. The van der Waals surface area contributed by atoms with E-state index in [-0.39, 0.29) is 6.10 Å². The lowest BCUT2D eigenvalue weighted by Gasteiger charge is -2.32. The molecule has 2 aliphatic carbocycles. The number of ether oxygens (including phenoxy) is 1. The monoisotopic (exact) mass is 697 g/mol. The van der Waals surface area contributed by atoms with Crippen LogP contribution in [-0.2, 0) is 28.7 Å². The van der Waals surface area contributed by atoms with Crippen molar-refractivity contribution in [2.24, 2.45) is 0 Å². The van der Waals surface area contributed by atoms with E-state index in [0.29, 0.717) is 31.1 Å². The van der Waals surface area contributed by atoms with E-state index in [0.717, 1.165) is 52.8 Å². The van der Waals surface area contributed by atoms with Gasteiger partial charge in [-0.2, -0.15) is 0 Å². The van der Waals surface area contributed by atoms with Gasteiger partial charge in [-0.25, -0.2) is 0 Å². The van der Waals surface area contributed by atoms with Gasteiger partial charge in [0.05, 0.1) is 6.10 Å². The van der Waals surface area contributed by atoms with Gasteiger partial charge in [-0.1, -0.05) is 132 Å². The van der Waals surface area contributed by atoms with Gasteiger partial charge in [0.1, 0.15) is 11.5 Å². The first-order valence-electron chi connectivity index (χ1n) is 19.1. The Morgan fingerprint density at radius 3 is 1.30 bits per heavy atom. The summed E-state index contributed by atoms with van der Waals surface area (Å²) < 4.78 is 6.20. The van der Waals surface area contributed by atoms with Crippen LogP contribution in [0.2, 0.25) is 0 Å². The van der Waals surface area contributed by atoms with Gasteiger partial charge >= 0.3 is 0 Å². The molecule has 1 heterocycles. The highest BCUT2D eigenvalue weighted by Gasteiger charge is 2.44. The highest BCUT2D eigenvalue weighted by atomic mass is 16.5. The van der Waals surface area contributed by atoms with Gasteiger partial charge in [-0.3, -0.25) is 4.90 Å². The van der Waals surface area contributed by atoms with E-state index in [4.69, 9.17) is 4.74 Å². The number of phenols is 2. The molecular formula is C49H47NO3. The Hall–Kier alpha value is -5.16. The zero-order valence-corrected chi connectivity index (χ0v) is 31.1. The molecule has 1 atom stereocenters. The Morgan fingerprint density at radius 1 is 0.566 bits per heavy atom. The van der Waals surface area contributed by atoms with Gasteiger partial charge in [0, 0.05) is 59.3 Å². The lowest BCUT2D eigenvalue weighted by molar-refractivity contribution is 0.0673. The summed E-state index contributed by atoms with van der Waals surface area (Å²) in [7, 11) is 0. The van der Waals surface area contributed by atoms with E-state index in [1.54, 1.807) is 0 Å². The number of hydrogen-bond acceptors (Lipinski definition) is 4. The topological polar surface area (TPSA) is 52.9 Å². The Balaban J connectivity index is 1.12. The van der Waals surface area contributed by atoms with Gasteiger partial charge < -0.3 is 14.9 Å². The second kappa shape index (κ2) is 12.8. The zero-order chi connectivity index (χ0) is 36.5. The van der Waals surface area contributed by atoms with Crippen LogP contribution in [0.5, 0.6) is 11.5 Å². The van der Waals surface area contributed by atoms with Crippen molar-refractivity contribution in [1.82, 2.24) is 4.90 Å².